The fourth-order valence-corrected chi connectivity index (χ4v) is 5.19. The van der Waals surface area contributed by atoms with Crippen LogP contribution in [-0.2, 0) is 11.3 Å². The second kappa shape index (κ2) is 5.95. The molecule has 26 heavy (non-hydrogen) atoms. The Labute approximate surface area is 155 Å². The Bertz CT molecular complexity index is 801. The lowest BCUT2D eigenvalue weighted by Crippen LogP contribution is -2.47. The average molecular weight is 346 g/mol. The molecule has 0 N–H and O–H groups in total. The van der Waals surface area contributed by atoms with Crippen LogP contribution in [0.3, 0.4) is 0 Å². The van der Waals surface area contributed by atoms with E-state index >= 15 is 0 Å². The first-order chi connectivity index (χ1) is 12.6. The second-order valence-corrected chi connectivity index (χ2v) is 8.23. The van der Waals surface area contributed by atoms with Gasteiger partial charge >= 0.3 is 0 Å². The molecule has 3 heterocycles. The van der Waals surface area contributed by atoms with E-state index in [1.165, 1.54) is 36.0 Å². The third kappa shape index (κ3) is 2.26. The maximum atomic E-state index is 12.4. The summed E-state index contributed by atoms with van der Waals surface area (Å²) in [6.07, 6.45) is 3.97. The van der Waals surface area contributed by atoms with Crippen LogP contribution in [0.25, 0.3) is 0 Å². The molecule has 3 aliphatic rings. The normalized spacial score (nSPS) is 30.2. The van der Waals surface area contributed by atoms with Gasteiger partial charge in [-0.2, -0.15) is 0 Å². The highest BCUT2D eigenvalue weighted by atomic mass is 16.2. The van der Waals surface area contributed by atoms with Crippen LogP contribution in [0.15, 0.2) is 48.5 Å². The number of rotatable bonds is 3. The summed E-state index contributed by atoms with van der Waals surface area (Å²) in [5, 5.41) is 0. The van der Waals surface area contributed by atoms with Gasteiger partial charge in [0.05, 0.1) is 12.0 Å². The summed E-state index contributed by atoms with van der Waals surface area (Å²) in [5.74, 6) is 0.287. The first-order valence-electron chi connectivity index (χ1n) is 9.91. The van der Waals surface area contributed by atoms with Crippen molar-refractivity contribution in [3.05, 3.63) is 65.2 Å². The summed E-state index contributed by atoms with van der Waals surface area (Å²) in [6.45, 7) is 5.73. The molecule has 2 saturated heterocycles. The van der Waals surface area contributed by atoms with Crippen LogP contribution < -0.4 is 4.90 Å². The molecule has 3 heteroatoms. The summed E-state index contributed by atoms with van der Waals surface area (Å²) in [6, 6.07) is 18.7. The van der Waals surface area contributed by atoms with Gasteiger partial charge in [-0.3, -0.25) is 9.69 Å². The monoisotopic (exact) mass is 346 g/mol. The van der Waals surface area contributed by atoms with Crippen molar-refractivity contribution in [1.29, 1.82) is 0 Å². The van der Waals surface area contributed by atoms with E-state index in [9.17, 15) is 4.79 Å². The van der Waals surface area contributed by atoms with Gasteiger partial charge < -0.3 is 4.90 Å². The fraction of sp³-hybridized carbons (Fsp3) is 0.435. The van der Waals surface area contributed by atoms with Gasteiger partial charge in [-0.05, 0) is 49.4 Å². The minimum Gasteiger partial charge on any atom is -0.303 e. The molecule has 0 aliphatic carbocycles. The molecule has 4 atom stereocenters. The average Bonchev–Trinajstić information content (AvgIpc) is 3.15. The first kappa shape index (κ1) is 16.1. The molecule has 0 spiro atoms. The van der Waals surface area contributed by atoms with Crippen molar-refractivity contribution in [2.45, 2.75) is 63.7 Å². The Balaban J connectivity index is 1.35. The quantitative estimate of drug-likeness (QED) is 0.756. The van der Waals surface area contributed by atoms with Gasteiger partial charge in [0, 0.05) is 24.3 Å². The van der Waals surface area contributed by atoms with Crippen molar-refractivity contribution in [3.63, 3.8) is 0 Å². The molecule has 1 amide bonds. The number of para-hydroxylation sites is 1. The van der Waals surface area contributed by atoms with Crippen molar-refractivity contribution >= 4 is 11.6 Å². The zero-order valence-corrected chi connectivity index (χ0v) is 15.6. The predicted molar refractivity (Wildman–Crippen MR) is 104 cm³/mol. The Morgan fingerprint density at radius 3 is 2.35 bits per heavy atom. The largest absolute Gasteiger partial charge is 0.303 e. The van der Waals surface area contributed by atoms with Crippen LogP contribution in [0.5, 0.6) is 0 Å². The standard InChI is InChI=1S/C23H26N2O/c1-15-6-5-7-16(2)24(15)14-17-10-12-18(13-11-17)22-21-19-8-3-4-9-20(19)25(22)23(21)26/h3-4,8-13,15-16,21-22H,5-7,14H2,1-2H3. The van der Waals surface area contributed by atoms with E-state index in [2.05, 4.69) is 55.1 Å². The Morgan fingerprint density at radius 2 is 1.65 bits per heavy atom. The van der Waals surface area contributed by atoms with Crippen LogP contribution in [0.4, 0.5) is 5.69 Å². The smallest absolute Gasteiger partial charge is 0.237 e. The summed E-state index contributed by atoms with van der Waals surface area (Å²) in [7, 11) is 0. The maximum Gasteiger partial charge on any atom is 0.237 e. The number of hydrogen-bond donors (Lipinski definition) is 0. The SMILES string of the molecule is CC1CCCC(C)N1Cc1ccc(C2C3C(=O)N2c2ccccc23)cc1. The van der Waals surface area contributed by atoms with Crippen LogP contribution >= 0.6 is 0 Å². The van der Waals surface area contributed by atoms with Crippen molar-refractivity contribution in [2.75, 3.05) is 4.90 Å². The summed E-state index contributed by atoms with van der Waals surface area (Å²) < 4.78 is 0. The highest BCUT2D eigenvalue weighted by molar-refractivity contribution is 6.13. The number of piperidine rings is 1. The van der Waals surface area contributed by atoms with Gasteiger partial charge in [-0.1, -0.05) is 48.9 Å². The van der Waals surface area contributed by atoms with E-state index < -0.39 is 0 Å². The number of carbonyl (C=O) groups excluding carboxylic acids is 1. The molecular weight excluding hydrogens is 320 g/mol. The number of β-lactam (4-membered cyclic amide) rings is 1. The molecule has 5 rings (SSSR count). The lowest BCUT2D eigenvalue weighted by molar-refractivity contribution is -0.125. The van der Waals surface area contributed by atoms with E-state index in [4.69, 9.17) is 0 Å². The number of hydrogen-bond acceptors (Lipinski definition) is 2. The van der Waals surface area contributed by atoms with Crippen molar-refractivity contribution in [1.82, 2.24) is 4.90 Å². The number of anilines is 1. The van der Waals surface area contributed by atoms with Crippen LogP contribution in [0.1, 0.15) is 61.8 Å². The lowest BCUT2D eigenvalue weighted by atomic mass is 9.84. The number of benzene rings is 2. The van der Waals surface area contributed by atoms with Gasteiger partial charge in [0.1, 0.15) is 0 Å². The molecule has 3 aliphatic heterocycles. The highest BCUT2D eigenvalue weighted by Gasteiger charge is 2.56. The number of amides is 1. The Morgan fingerprint density at radius 1 is 0.962 bits per heavy atom. The summed E-state index contributed by atoms with van der Waals surface area (Å²) in [4.78, 5) is 17.0. The van der Waals surface area contributed by atoms with E-state index in [-0.39, 0.29) is 17.9 Å². The molecule has 2 fully saturated rings. The van der Waals surface area contributed by atoms with Gasteiger partial charge in [-0.15, -0.1) is 0 Å². The minimum absolute atomic E-state index is 0.0270. The van der Waals surface area contributed by atoms with E-state index in [0.29, 0.717) is 12.1 Å². The Hall–Kier alpha value is -2.13. The number of likely N-dealkylation sites (tertiary alicyclic amines) is 1. The topological polar surface area (TPSA) is 23.6 Å². The maximum absolute atomic E-state index is 12.4. The molecular formula is C23H26N2O. The summed E-state index contributed by atoms with van der Waals surface area (Å²) in [5.41, 5.74) is 4.93. The van der Waals surface area contributed by atoms with E-state index in [0.717, 1.165) is 12.2 Å². The third-order valence-electron chi connectivity index (χ3n) is 6.69. The zero-order chi connectivity index (χ0) is 17.8. The fourth-order valence-electron chi connectivity index (χ4n) is 5.19. The van der Waals surface area contributed by atoms with Crippen molar-refractivity contribution < 1.29 is 4.79 Å². The lowest BCUT2D eigenvalue weighted by Gasteiger charge is -2.40. The molecule has 0 saturated carbocycles. The van der Waals surface area contributed by atoms with Crippen LogP contribution in [0, 0.1) is 0 Å². The number of nitrogens with zero attached hydrogens (tertiary/aromatic N) is 2. The highest BCUT2D eigenvalue weighted by Crippen LogP contribution is 2.58. The minimum atomic E-state index is 0.0270. The molecule has 3 nitrogen and oxygen atoms in total. The zero-order valence-electron chi connectivity index (χ0n) is 15.6. The molecule has 2 bridgehead atoms. The second-order valence-electron chi connectivity index (χ2n) is 8.23. The molecule has 0 aromatic heterocycles. The molecule has 2 aromatic carbocycles. The number of fused-ring (bicyclic) bond motifs is 5. The van der Waals surface area contributed by atoms with Crippen molar-refractivity contribution in [3.8, 4) is 0 Å². The van der Waals surface area contributed by atoms with Gasteiger partial charge in [-0.25, -0.2) is 0 Å². The summed E-state index contributed by atoms with van der Waals surface area (Å²) >= 11 is 0. The van der Waals surface area contributed by atoms with E-state index in [1.807, 2.05) is 17.0 Å². The van der Waals surface area contributed by atoms with E-state index in [1.54, 1.807) is 0 Å². The first-order valence-corrected chi connectivity index (χ1v) is 9.91. The Kier molecular flexibility index (Phi) is 3.68. The van der Waals surface area contributed by atoms with Gasteiger partial charge in [0.2, 0.25) is 5.91 Å². The molecule has 2 aromatic rings. The van der Waals surface area contributed by atoms with Crippen LogP contribution in [-0.4, -0.2) is 22.9 Å². The third-order valence-corrected chi connectivity index (χ3v) is 6.69. The van der Waals surface area contributed by atoms with Gasteiger partial charge in [0.15, 0.2) is 0 Å². The molecule has 134 valence electrons. The molecule has 0 radical (unpaired) electrons. The molecule has 4 unspecified atom stereocenters. The van der Waals surface area contributed by atoms with Crippen molar-refractivity contribution in [2.24, 2.45) is 0 Å². The van der Waals surface area contributed by atoms with Gasteiger partial charge in [0.25, 0.3) is 0 Å². The number of carbonyl (C=O) groups is 1. The van der Waals surface area contributed by atoms with Crippen LogP contribution in [0.2, 0.25) is 0 Å². The predicted octanol–water partition coefficient (Wildman–Crippen LogP) is 4.63.